The Kier molecular flexibility index (Phi) is 4.34. The summed E-state index contributed by atoms with van der Waals surface area (Å²) in [6.07, 6.45) is 6.59. The summed E-state index contributed by atoms with van der Waals surface area (Å²) < 4.78 is 11.4. The third-order valence-electron chi connectivity index (χ3n) is 4.96. The molecule has 5 nitrogen and oxygen atoms in total. The summed E-state index contributed by atoms with van der Waals surface area (Å²) in [5.74, 6) is 0.694. The van der Waals surface area contributed by atoms with E-state index in [-0.39, 0.29) is 18.1 Å². The minimum Gasteiger partial charge on any atom is -0.444 e. The van der Waals surface area contributed by atoms with E-state index in [2.05, 4.69) is 4.98 Å². The predicted molar refractivity (Wildman–Crippen MR) is 89.4 cm³/mol. The third-order valence-corrected chi connectivity index (χ3v) is 4.96. The number of aromatic nitrogens is 1. The van der Waals surface area contributed by atoms with E-state index in [4.69, 9.17) is 9.15 Å². The molecule has 1 amide bonds. The summed E-state index contributed by atoms with van der Waals surface area (Å²) in [5.41, 5.74) is 1.62. The summed E-state index contributed by atoms with van der Waals surface area (Å²) in [6.45, 7) is 1.32. The van der Waals surface area contributed by atoms with Crippen LogP contribution < -0.4 is 0 Å². The highest BCUT2D eigenvalue weighted by atomic mass is 16.5. The van der Waals surface area contributed by atoms with Crippen LogP contribution in [0.5, 0.6) is 0 Å². The van der Waals surface area contributed by atoms with Crippen molar-refractivity contribution in [1.82, 2.24) is 9.88 Å². The van der Waals surface area contributed by atoms with Gasteiger partial charge in [-0.2, -0.15) is 0 Å². The maximum atomic E-state index is 12.8. The second-order valence-electron chi connectivity index (χ2n) is 6.53. The van der Waals surface area contributed by atoms with E-state index in [0.29, 0.717) is 31.2 Å². The highest BCUT2D eigenvalue weighted by molar-refractivity contribution is 5.79. The molecule has 5 heteroatoms. The first-order valence-electron chi connectivity index (χ1n) is 8.72. The Balaban J connectivity index is 1.45. The van der Waals surface area contributed by atoms with Crippen molar-refractivity contribution < 1.29 is 13.9 Å². The fraction of sp³-hybridized carbons (Fsp3) is 0.474. The SMILES string of the molecule is O=C(Cc1coc(-c2ccccc2)n1)N1CCO[C@H]2CCCC[C@@H]21. The van der Waals surface area contributed by atoms with Gasteiger partial charge in [0.1, 0.15) is 6.26 Å². The van der Waals surface area contributed by atoms with E-state index < -0.39 is 0 Å². The average molecular weight is 326 g/mol. The number of morpholine rings is 1. The Morgan fingerprint density at radius 3 is 2.92 bits per heavy atom. The molecule has 0 bridgehead atoms. The third kappa shape index (κ3) is 3.08. The van der Waals surface area contributed by atoms with Crippen molar-refractivity contribution in [3.8, 4) is 11.5 Å². The van der Waals surface area contributed by atoms with Gasteiger partial charge in [-0.3, -0.25) is 4.79 Å². The van der Waals surface area contributed by atoms with Crippen molar-refractivity contribution in [3.05, 3.63) is 42.3 Å². The second-order valence-corrected chi connectivity index (χ2v) is 6.53. The van der Waals surface area contributed by atoms with E-state index in [9.17, 15) is 4.79 Å². The number of amides is 1. The first kappa shape index (κ1) is 15.4. The van der Waals surface area contributed by atoms with Gasteiger partial charge < -0.3 is 14.1 Å². The van der Waals surface area contributed by atoms with Crippen molar-refractivity contribution in [3.63, 3.8) is 0 Å². The number of benzene rings is 1. The van der Waals surface area contributed by atoms with Crippen LogP contribution in [0.15, 0.2) is 41.0 Å². The van der Waals surface area contributed by atoms with E-state index in [0.717, 1.165) is 18.4 Å². The van der Waals surface area contributed by atoms with Gasteiger partial charge in [0.2, 0.25) is 11.8 Å². The lowest BCUT2D eigenvalue weighted by Crippen LogP contribution is -2.55. The molecule has 2 fully saturated rings. The van der Waals surface area contributed by atoms with E-state index in [1.807, 2.05) is 35.2 Å². The number of fused-ring (bicyclic) bond motifs is 1. The minimum atomic E-state index is 0.128. The summed E-state index contributed by atoms with van der Waals surface area (Å²) in [7, 11) is 0. The molecule has 2 heterocycles. The molecule has 126 valence electrons. The molecule has 24 heavy (non-hydrogen) atoms. The van der Waals surface area contributed by atoms with Crippen LogP contribution in [0.2, 0.25) is 0 Å². The van der Waals surface area contributed by atoms with Gasteiger partial charge in [-0.25, -0.2) is 4.98 Å². The molecule has 2 atom stereocenters. The second kappa shape index (κ2) is 6.77. The molecule has 0 radical (unpaired) electrons. The van der Waals surface area contributed by atoms with Crippen molar-refractivity contribution in [1.29, 1.82) is 0 Å². The number of rotatable bonds is 3. The predicted octanol–water partition coefficient (Wildman–Crippen LogP) is 3.05. The van der Waals surface area contributed by atoms with Gasteiger partial charge in [0.25, 0.3) is 0 Å². The normalized spacial score (nSPS) is 23.8. The molecule has 0 unspecified atom stereocenters. The summed E-state index contributed by atoms with van der Waals surface area (Å²) in [5, 5.41) is 0. The smallest absolute Gasteiger partial charge is 0.229 e. The lowest BCUT2D eigenvalue weighted by atomic mass is 9.90. The van der Waals surface area contributed by atoms with E-state index in [1.54, 1.807) is 6.26 Å². The molecule has 1 aliphatic heterocycles. The topological polar surface area (TPSA) is 55.6 Å². The zero-order chi connectivity index (χ0) is 16.4. The molecular weight excluding hydrogens is 304 g/mol. The molecule has 1 aromatic heterocycles. The standard InChI is InChI=1S/C19H22N2O3/c22-18(21-10-11-23-17-9-5-4-8-16(17)21)12-15-13-24-19(20-15)14-6-2-1-3-7-14/h1-3,6-7,13,16-17H,4-5,8-12H2/t16-,17-/m0/s1. The van der Waals surface area contributed by atoms with Gasteiger partial charge >= 0.3 is 0 Å². The molecule has 1 aliphatic carbocycles. The average Bonchev–Trinajstić information content (AvgIpc) is 3.10. The van der Waals surface area contributed by atoms with E-state index in [1.165, 1.54) is 12.8 Å². The quantitative estimate of drug-likeness (QED) is 0.870. The van der Waals surface area contributed by atoms with Crippen LogP contribution in [0, 0.1) is 0 Å². The van der Waals surface area contributed by atoms with Gasteiger partial charge in [0, 0.05) is 12.1 Å². The first-order chi connectivity index (χ1) is 11.8. The van der Waals surface area contributed by atoms with Gasteiger partial charge in [-0.05, 0) is 25.0 Å². The molecule has 1 aromatic carbocycles. The van der Waals surface area contributed by atoms with Crippen LogP contribution >= 0.6 is 0 Å². The summed E-state index contributed by atoms with van der Waals surface area (Å²) in [6, 6.07) is 9.98. The number of hydrogen-bond donors (Lipinski definition) is 0. The number of nitrogens with zero attached hydrogens (tertiary/aromatic N) is 2. The lowest BCUT2D eigenvalue weighted by Gasteiger charge is -2.43. The van der Waals surface area contributed by atoms with Gasteiger partial charge in [0.15, 0.2) is 0 Å². The van der Waals surface area contributed by atoms with Crippen LogP contribution in [0.1, 0.15) is 31.4 Å². The molecule has 4 rings (SSSR count). The zero-order valence-corrected chi connectivity index (χ0v) is 13.7. The molecule has 0 spiro atoms. The van der Waals surface area contributed by atoms with Crippen LogP contribution in [0.3, 0.4) is 0 Å². The first-order valence-corrected chi connectivity index (χ1v) is 8.72. The summed E-state index contributed by atoms with van der Waals surface area (Å²) in [4.78, 5) is 19.2. The number of ether oxygens (including phenoxy) is 1. The van der Waals surface area contributed by atoms with Crippen molar-refractivity contribution in [2.45, 2.75) is 44.2 Å². The fourth-order valence-corrected chi connectivity index (χ4v) is 3.76. The highest BCUT2D eigenvalue weighted by Gasteiger charge is 2.36. The van der Waals surface area contributed by atoms with Gasteiger partial charge in [0.05, 0.1) is 30.9 Å². The lowest BCUT2D eigenvalue weighted by molar-refractivity contribution is -0.148. The number of oxazole rings is 1. The van der Waals surface area contributed by atoms with Crippen molar-refractivity contribution in [2.24, 2.45) is 0 Å². The molecule has 1 saturated heterocycles. The Labute approximate surface area is 141 Å². The Hall–Kier alpha value is -2.14. The molecule has 0 N–H and O–H groups in total. The Morgan fingerprint density at radius 2 is 2.04 bits per heavy atom. The van der Waals surface area contributed by atoms with Crippen LogP contribution in [0.25, 0.3) is 11.5 Å². The van der Waals surface area contributed by atoms with Gasteiger partial charge in [-0.1, -0.05) is 31.0 Å². The number of hydrogen-bond acceptors (Lipinski definition) is 4. The minimum absolute atomic E-state index is 0.128. The van der Waals surface area contributed by atoms with Crippen LogP contribution in [-0.2, 0) is 16.0 Å². The Bertz CT molecular complexity index is 696. The summed E-state index contributed by atoms with van der Waals surface area (Å²) >= 11 is 0. The zero-order valence-electron chi connectivity index (χ0n) is 13.7. The highest BCUT2D eigenvalue weighted by Crippen LogP contribution is 2.29. The fourth-order valence-electron chi connectivity index (χ4n) is 3.76. The maximum absolute atomic E-state index is 12.8. The molecular formula is C19H22N2O3. The largest absolute Gasteiger partial charge is 0.444 e. The number of carbonyl (C=O) groups is 1. The van der Waals surface area contributed by atoms with Crippen LogP contribution in [0.4, 0.5) is 0 Å². The van der Waals surface area contributed by atoms with Crippen molar-refractivity contribution >= 4 is 5.91 Å². The number of carbonyl (C=O) groups excluding carboxylic acids is 1. The maximum Gasteiger partial charge on any atom is 0.229 e. The molecule has 2 aliphatic rings. The molecule has 1 saturated carbocycles. The monoisotopic (exact) mass is 326 g/mol. The van der Waals surface area contributed by atoms with Gasteiger partial charge in [-0.15, -0.1) is 0 Å². The molecule has 2 aromatic rings. The van der Waals surface area contributed by atoms with Crippen LogP contribution in [-0.4, -0.2) is 41.1 Å². The van der Waals surface area contributed by atoms with Crippen molar-refractivity contribution in [2.75, 3.05) is 13.2 Å². The van der Waals surface area contributed by atoms with E-state index >= 15 is 0 Å². The Morgan fingerprint density at radius 1 is 1.21 bits per heavy atom.